The Bertz CT molecular complexity index is 489. The van der Waals surface area contributed by atoms with E-state index < -0.39 is 0 Å². The minimum atomic E-state index is -0.268. The van der Waals surface area contributed by atoms with Crippen LogP contribution in [0.5, 0.6) is 5.75 Å². The van der Waals surface area contributed by atoms with Crippen LogP contribution in [-0.2, 0) is 15.9 Å². The lowest BCUT2D eigenvalue weighted by atomic mass is 9.94. The molecule has 1 aromatic carbocycles. The highest BCUT2D eigenvalue weighted by atomic mass is 16.7. The third kappa shape index (κ3) is 3.47. The predicted octanol–water partition coefficient (Wildman–Crippen LogP) is 3.36. The summed E-state index contributed by atoms with van der Waals surface area (Å²) in [4.78, 5) is 14.0. The number of anilines is 1. The standard InChI is InChI=1S/C16H23NO4/c1-4-13-7-6-12-10-14(21-11-19-3)8-9-15(12)17(13)16(18)20-5-2/h8-10,13H,4-7,11H2,1-3H3. The maximum absolute atomic E-state index is 12.2. The highest BCUT2D eigenvalue weighted by molar-refractivity contribution is 5.90. The van der Waals surface area contributed by atoms with Crippen LogP contribution < -0.4 is 9.64 Å². The number of fused-ring (bicyclic) bond motifs is 1. The van der Waals surface area contributed by atoms with E-state index in [-0.39, 0.29) is 18.9 Å². The first-order valence-corrected chi connectivity index (χ1v) is 7.41. The van der Waals surface area contributed by atoms with Crippen LogP contribution in [0.15, 0.2) is 18.2 Å². The van der Waals surface area contributed by atoms with Gasteiger partial charge < -0.3 is 14.2 Å². The zero-order chi connectivity index (χ0) is 15.2. The number of methoxy groups -OCH3 is 1. The van der Waals surface area contributed by atoms with Gasteiger partial charge in [0.15, 0.2) is 6.79 Å². The molecule has 1 aliphatic heterocycles. The molecule has 1 aliphatic rings. The summed E-state index contributed by atoms with van der Waals surface area (Å²) >= 11 is 0. The average molecular weight is 293 g/mol. The molecular formula is C16H23NO4. The van der Waals surface area contributed by atoms with E-state index in [0.29, 0.717) is 6.61 Å². The molecular weight excluding hydrogens is 270 g/mol. The Balaban J connectivity index is 2.27. The van der Waals surface area contributed by atoms with E-state index in [2.05, 4.69) is 6.92 Å². The van der Waals surface area contributed by atoms with Crippen LogP contribution >= 0.6 is 0 Å². The Labute approximate surface area is 125 Å². The molecule has 0 saturated heterocycles. The number of hydrogen-bond donors (Lipinski definition) is 0. The van der Waals surface area contributed by atoms with Crippen LogP contribution in [0.25, 0.3) is 0 Å². The molecule has 2 rings (SSSR count). The Kier molecular flexibility index (Phi) is 5.44. The van der Waals surface area contributed by atoms with E-state index in [1.807, 2.05) is 25.1 Å². The third-order valence-electron chi connectivity index (χ3n) is 3.70. The first-order chi connectivity index (χ1) is 10.2. The fourth-order valence-electron chi connectivity index (χ4n) is 2.69. The van der Waals surface area contributed by atoms with Gasteiger partial charge in [-0.25, -0.2) is 4.79 Å². The number of carbonyl (C=O) groups excluding carboxylic acids is 1. The van der Waals surface area contributed by atoms with E-state index in [0.717, 1.165) is 36.3 Å². The monoisotopic (exact) mass is 293 g/mol. The number of hydrogen-bond acceptors (Lipinski definition) is 4. The predicted molar refractivity (Wildman–Crippen MR) is 80.8 cm³/mol. The van der Waals surface area contributed by atoms with Crippen molar-refractivity contribution in [3.8, 4) is 5.75 Å². The number of aryl methyl sites for hydroxylation is 1. The Morgan fingerprint density at radius 2 is 2.19 bits per heavy atom. The molecule has 1 heterocycles. The highest BCUT2D eigenvalue weighted by Crippen LogP contribution is 2.34. The third-order valence-corrected chi connectivity index (χ3v) is 3.70. The first kappa shape index (κ1) is 15.6. The van der Waals surface area contributed by atoms with Crippen LogP contribution in [0.2, 0.25) is 0 Å². The zero-order valence-corrected chi connectivity index (χ0v) is 12.9. The van der Waals surface area contributed by atoms with Crippen molar-refractivity contribution >= 4 is 11.8 Å². The van der Waals surface area contributed by atoms with Crippen LogP contribution in [0, 0.1) is 0 Å². The van der Waals surface area contributed by atoms with Gasteiger partial charge in [-0.15, -0.1) is 0 Å². The van der Waals surface area contributed by atoms with Crippen molar-refractivity contribution in [3.05, 3.63) is 23.8 Å². The van der Waals surface area contributed by atoms with Gasteiger partial charge in [0, 0.05) is 13.2 Å². The van der Waals surface area contributed by atoms with E-state index in [9.17, 15) is 4.79 Å². The normalized spacial score (nSPS) is 17.3. The molecule has 1 unspecified atom stereocenters. The fourth-order valence-corrected chi connectivity index (χ4v) is 2.69. The summed E-state index contributed by atoms with van der Waals surface area (Å²) in [5.74, 6) is 0.759. The lowest BCUT2D eigenvalue weighted by molar-refractivity contribution is 0.0510. The number of amides is 1. The summed E-state index contributed by atoms with van der Waals surface area (Å²) in [5, 5.41) is 0. The van der Waals surface area contributed by atoms with Gasteiger partial charge in [0.2, 0.25) is 0 Å². The second-order valence-electron chi connectivity index (χ2n) is 5.01. The van der Waals surface area contributed by atoms with Crippen molar-refractivity contribution < 1.29 is 19.0 Å². The number of carbonyl (C=O) groups is 1. The molecule has 0 radical (unpaired) electrons. The minimum Gasteiger partial charge on any atom is -0.468 e. The topological polar surface area (TPSA) is 48.0 Å². The summed E-state index contributed by atoms with van der Waals surface area (Å²) in [6, 6.07) is 5.97. The van der Waals surface area contributed by atoms with Crippen molar-refractivity contribution in [1.29, 1.82) is 0 Å². The molecule has 1 atom stereocenters. The fraction of sp³-hybridized carbons (Fsp3) is 0.562. The summed E-state index contributed by atoms with van der Waals surface area (Å²) in [5.41, 5.74) is 2.04. The zero-order valence-electron chi connectivity index (χ0n) is 12.9. The van der Waals surface area contributed by atoms with Gasteiger partial charge in [0.25, 0.3) is 0 Å². The van der Waals surface area contributed by atoms with Crippen LogP contribution in [0.1, 0.15) is 32.3 Å². The molecule has 0 aliphatic carbocycles. The molecule has 21 heavy (non-hydrogen) atoms. The smallest absolute Gasteiger partial charge is 0.414 e. The molecule has 116 valence electrons. The van der Waals surface area contributed by atoms with Crippen molar-refractivity contribution in [2.45, 2.75) is 39.2 Å². The van der Waals surface area contributed by atoms with Crippen LogP contribution in [0.3, 0.4) is 0 Å². The second kappa shape index (κ2) is 7.31. The molecule has 1 aromatic rings. The Morgan fingerprint density at radius 1 is 1.38 bits per heavy atom. The summed E-state index contributed by atoms with van der Waals surface area (Å²) in [6.07, 6.45) is 2.53. The van der Waals surface area contributed by atoms with E-state index in [1.165, 1.54) is 0 Å². The van der Waals surface area contributed by atoms with Gasteiger partial charge in [0.1, 0.15) is 5.75 Å². The molecule has 0 fully saturated rings. The van der Waals surface area contributed by atoms with Crippen molar-refractivity contribution in [1.82, 2.24) is 0 Å². The number of ether oxygens (including phenoxy) is 3. The van der Waals surface area contributed by atoms with E-state index >= 15 is 0 Å². The van der Waals surface area contributed by atoms with Gasteiger partial charge in [-0.1, -0.05) is 6.92 Å². The maximum Gasteiger partial charge on any atom is 0.414 e. The van der Waals surface area contributed by atoms with Gasteiger partial charge in [-0.3, -0.25) is 4.90 Å². The Morgan fingerprint density at radius 3 is 2.86 bits per heavy atom. The van der Waals surface area contributed by atoms with Crippen molar-refractivity contribution in [2.24, 2.45) is 0 Å². The van der Waals surface area contributed by atoms with E-state index in [4.69, 9.17) is 14.2 Å². The number of benzene rings is 1. The van der Waals surface area contributed by atoms with Crippen molar-refractivity contribution in [3.63, 3.8) is 0 Å². The number of nitrogens with zero attached hydrogens (tertiary/aromatic N) is 1. The molecule has 5 nitrogen and oxygen atoms in total. The van der Waals surface area contributed by atoms with Gasteiger partial charge >= 0.3 is 6.09 Å². The molecule has 0 spiro atoms. The highest BCUT2D eigenvalue weighted by Gasteiger charge is 2.31. The maximum atomic E-state index is 12.2. The second-order valence-corrected chi connectivity index (χ2v) is 5.01. The molecule has 5 heteroatoms. The lowest BCUT2D eigenvalue weighted by Gasteiger charge is -2.36. The number of rotatable bonds is 5. The quantitative estimate of drug-likeness (QED) is 0.781. The van der Waals surface area contributed by atoms with Gasteiger partial charge in [0.05, 0.1) is 12.3 Å². The average Bonchev–Trinajstić information content (AvgIpc) is 2.51. The van der Waals surface area contributed by atoms with Crippen LogP contribution in [0.4, 0.5) is 10.5 Å². The molecule has 0 saturated carbocycles. The van der Waals surface area contributed by atoms with Gasteiger partial charge in [-0.05, 0) is 49.9 Å². The SMILES string of the molecule is CCOC(=O)N1c2ccc(OCOC)cc2CCC1CC. The van der Waals surface area contributed by atoms with Crippen LogP contribution in [-0.4, -0.2) is 32.6 Å². The summed E-state index contributed by atoms with van der Waals surface area (Å²) in [7, 11) is 1.59. The lowest BCUT2D eigenvalue weighted by Crippen LogP contribution is -2.43. The first-order valence-electron chi connectivity index (χ1n) is 7.41. The molecule has 0 aromatic heterocycles. The van der Waals surface area contributed by atoms with Gasteiger partial charge in [-0.2, -0.15) is 0 Å². The molecule has 0 N–H and O–H groups in total. The Hall–Kier alpha value is -1.75. The summed E-state index contributed by atoms with van der Waals surface area (Å²) in [6.45, 7) is 4.53. The molecule has 0 bridgehead atoms. The minimum absolute atomic E-state index is 0.197. The molecule has 1 amide bonds. The van der Waals surface area contributed by atoms with Crippen molar-refractivity contribution in [2.75, 3.05) is 25.4 Å². The summed E-state index contributed by atoms with van der Waals surface area (Å²) < 4.78 is 15.6. The van der Waals surface area contributed by atoms with E-state index in [1.54, 1.807) is 12.0 Å². The largest absolute Gasteiger partial charge is 0.468 e.